The zero-order valence-electron chi connectivity index (χ0n) is 14.1. The number of hydrazine groups is 1. The molecule has 0 spiro atoms. The second-order valence-corrected chi connectivity index (χ2v) is 5.61. The molecule has 130 valence electrons. The lowest BCUT2D eigenvalue weighted by Gasteiger charge is -2.10. The molecule has 0 aliphatic heterocycles. The number of aryl methyl sites for hydroxylation is 2. The third kappa shape index (κ3) is 5.72. The summed E-state index contributed by atoms with van der Waals surface area (Å²) in [6.45, 7) is 3.84. The van der Waals surface area contributed by atoms with Gasteiger partial charge in [-0.2, -0.15) is 0 Å². The molecule has 2 rings (SSSR count). The fourth-order valence-corrected chi connectivity index (χ4v) is 2.07. The van der Waals surface area contributed by atoms with Crippen LogP contribution in [0.15, 0.2) is 42.7 Å². The molecule has 3 amide bonds. The van der Waals surface area contributed by atoms with Crippen molar-refractivity contribution >= 4 is 23.4 Å². The minimum Gasteiger partial charge on any atom is -0.326 e. The Bertz CT molecular complexity index is 775. The maximum Gasteiger partial charge on any atom is 0.271 e. The summed E-state index contributed by atoms with van der Waals surface area (Å²) in [6, 6.07) is 8.96. The van der Waals surface area contributed by atoms with Crippen molar-refractivity contribution in [3.05, 3.63) is 59.4 Å². The molecule has 0 bridgehead atoms. The highest BCUT2D eigenvalue weighted by molar-refractivity contribution is 5.96. The summed E-state index contributed by atoms with van der Waals surface area (Å²) in [5, 5.41) is 2.78. The summed E-state index contributed by atoms with van der Waals surface area (Å²) in [4.78, 5) is 39.3. The molecule has 0 atom stereocenters. The van der Waals surface area contributed by atoms with Crippen molar-refractivity contribution in [1.29, 1.82) is 0 Å². The minimum absolute atomic E-state index is 0.0159. The van der Waals surface area contributed by atoms with E-state index in [1.165, 1.54) is 6.20 Å². The third-order valence-corrected chi connectivity index (χ3v) is 3.49. The van der Waals surface area contributed by atoms with E-state index in [0.29, 0.717) is 5.56 Å². The van der Waals surface area contributed by atoms with Crippen LogP contribution < -0.4 is 16.2 Å². The quantitative estimate of drug-likeness (QED) is 0.724. The maximum absolute atomic E-state index is 12.0. The number of nitrogens with zero attached hydrogens (tertiary/aromatic N) is 1. The molecule has 1 aromatic heterocycles. The lowest BCUT2D eigenvalue weighted by molar-refractivity contribution is -0.124. The Balaban J connectivity index is 1.75. The van der Waals surface area contributed by atoms with Gasteiger partial charge in [-0.25, -0.2) is 0 Å². The van der Waals surface area contributed by atoms with Crippen LogP contribution in [0.1, 0.15) is 34.3 Å². The molecule has 0 saturated carbocycles. The molecule has 0 saturated heterocycles. The summed E-state index contributed by atoms with van der Waals surface area (Å²) in [7, 11) is 0. The number of anilines is 1. The molecule has 0 unspecified atom stereocenters. The van der Waals surface area contributed by atoms with Gasteiger partial charge in [0, 0.05) is 30.9 Å². The van der Waals surface area contributed by atoms with E-state index in [1.54, 1.807) is 18.3 Å². The van der Waals surface area contributed by atoms with E-state index in [2.05, 4.69) is 21.2 Å². The summed E-state index contributed by atoms with van der Waals surface area (Å²) in [6.07, 6.45) is 2.91. The number of amides is 3. The maximum atomic E-state index is 12.0. The average molecular weight is 340 g/mol. The number of hydrogen-bond donors (Lipinski definition) is 3. The van der Waals surface area contributed by atoms with Crippen molar-refractivity contribution in [2.75, 3.05) is 5.32 Å². The highest BCUT2D eigenvalue weighted by Gasteiger charge is 2.10. The van der Waals surface area contributed by atoms with Crippen LogP contribution in [0.25, 0.3) is 0 Å². The lowest BCUT2D eigenvalue weighted by atomic mass is 10.1. The number of hydrogen-bond acceptors (Lipinski definition) is 4. The Labute approximate surface area is 145 Å². The number of carbonyl (C=O) groups excluding carboxylic acids is 3. The van der Waals surface area contributed by atoms with Crippen LogP contribution in [0.2, 0.25) is 0 Å². The molecule has 2 aromatic rings. The molecular weight excluding hydrogens is 320 g/mol. The molecule has 0 fully saturated rings. The topological polar surface area (TPSA) is 100 Å². The lowest BCUT2D eigenvalue weighted by Crippen LogP contribution is -2.41. The van der Waals surface area contributed by atoms with E-state index in [4.69, 9.17) is 0 Å². The van der Waals surface area contributed by atoms with Crippen LogP contribution in [0.5, 0.6) is 0 Å². The standard InChI is InChI=1S/C18H20N4O3/c1-12-5-6-13(2)15(10-12)20-16(23)7-8-17(24)21-22-18(25)14-4-3-9-19-11-14/h3-6,9-11H,7-8H2,1-2H3,(H,20,23)(H,21,24)(H,22,25). The highest BCUT2D eigenvalue weighted by atomic mass is 16.2. The van der Waals surface area contributed by atoms with Gasteiger partial charge in [-0.05, 0) is 43.2 Å². The number of benzene rings is 1. The van der Waals surface area contributed by atoms with Crippen molar-refractivity contribution in [2.45, 2.75) is 26.7 Å². The number of carbonyl (C=O) groups is 3. The van der Waals surface area contributed by atoms with E-state index in [0.717, 1.165) is 16.8 Å². The zero-order chi connectivity index (χ0) is 18.2. The molecule has 1 aromatic carbocycles. The molecule has 3 N–H and O–H groups in total. The molecule has 7 heteroatoms. The van der Waals surface area contributed by atoms with Crippen molar-refractivity contribution in [3.8, 4) is 0 Å². The van der Waals surface area contributed by atoms with Crippen molar-refractivity contribution < 1.29 is 14.4 Å². The van der Waals surface area contributed by atoms with E-state index < -0.39 is 11.8 Å². The van der Waals surface area contributed by atoms with Crippen LogP contribution in [-0.4, -0.2) is 22.7 Å². The van der Waals surface area contributed by atoms with E-state index in [-0.39, 0.29) is 18.7 Å². The first-order valence-corrected chi connectivity index (χ1v) is 7.82. The number of rotatable bonds is 5. The van der Waals surface area contributed by atoms with Crippen LogP contribution in [0.4, 0.5) is 5.69 Å². The Kier molecular flexibility index (Phi) is 6.22. The van der Waals surface area contributed by atoms with Gasteiger partial charge >= 0.3 is 0 Å². The summed E-state index contributed by atoms with van der Waals surface area (Å²) >= 11 is 0. The average Bonchev–Trinajstić information content (AvgIpc) is 2.61. The molecule has 25 heavy (non-hydrogen) atoms. The fraction of sp³-hybridized carbons (Fsp3) is 0.222. The SMILES string of the molecule is Cc1ccc(C)c(NC(=O)CCC(=O)NNC(=O)c2cccnc2)c1. The Hall–Kier alpha value is -3.22. The van der Waals surface area contributed by atoms with E-state index in [1.807, 2.05) is 32.0 Å². The van der Waals surface area contributed by atoms with Gasteiger partial charge in [0.2, 0.25) is 11.8 Å². The highest BCUT2D eigenvalue weighted by Crippen LogP contribution is 2.16. The fourth-order valence-electron chi connectivity index (χ4n) is 2.07. The number of aromatic nitrogens is 1. The Morgan fingerprint density at radius 1 is 1.00 bits per heavy atom. The molecule has 1 heterocycles. The second-order valence-electron chi connectivity index (χ2n) is 5.61. The summed E-state index contributed by atoms with van der Waals surface area (Å²) in [5.41, 5.74) is 7.60. The monoisotopic (exact) mass is 340 g/mol. The van der Waals surface area contributed by atoms with Crippen molar-refractivity contribution in [2.24, 2.45) is 0 Å². The van der Waals surface area contributed by atoms with Gasteiger partial charge in [-0.3, -0.25) is 30.2 Å². The van der Waals surface area contributed by atoms with Crippen LogP contribution >= 0.6 is 0 Å². The third-order valence-electron chi connectivity index (χ3n) is 3.49. The molecule has 7 nitrogen and oxygen atoms in total. The first kappa shape index (κ1) is 18.1. The van der Waals surface area contributed by atoms with Gasteiger partial charge in [0.05, 0.1) is 5.56 Å². The Morgan fingerprint density at radius 2 is 1.76 bits per heavy atom. The smallest absolute Gasteiger partial charge is 0.271 e. The number of nitrogens with one attached hydrogen (secondary N) is 3. The van der Waals surface area contributed by atoms with Crippen LogP contribution in [0, 0.1) is 13.8 Å². The van der Waals surface area contributed by atoms with Gasteiger partial charge in [0.25, 0.3) is 5.91 Å². The van der Waals surface area contributed by atoms with Crippen molar-refractivity contribution in [3.63, 3.8) is 0 Å². The summed E-state index contributed by atoms with van der Waals surface area (Å²) in [5.74, 6) is -1.18. The van der Waals surface area contributed by atoms with Gasteiger partial charge in [0.15, 0.2) is 0 Å². The second kappa shape index (κ2) is 8.58. The van der Waals surface area contributed by atoms with Gasteiger partial charge in [0.1, 0.15) is 0 Å². The van der Waals surface area contributed by atoms with E-state index >= 15 is 0 Å². The van der Waals surface area contributed by atoms with Crippen LogP contribution in [0.3, 0.4) is 0 Å². The number of pyridine rings is 1. The Morgan fingerprint density at radius 3 is 2.48 bits per heavy atom. The van der Waals surface area contributed by atoms with Gasteiger partial charge in [-0.1, -0.05) is 12.1 Å². The molecule has 0 aliphatic carbocycles. The zero-order valence-corrected chi connectivity index (χ0v) is 14.1. The predicted octanol–water partition coefficient (Wildman–Crippen LogP) is 1.88. The normalized spacial score (nSPS) is 10.0. The van der Waals surface area contributed by atoms with Gasteiger partial charge < -0.3 is 5.32 Å². The molecular formula is C18H20N4O3. The summed E-state index contributed by atoms with van der Waals surface area (Å²) < 4.78 is 0. The predicted molar refractivity (Wildman–Crippen MR) is 93.6 cm³/mol. The van der Waals surface area contributed by atoms with Crippen molar-refractivity contribution in [1.82, 2.24) is 15.8 Å². The largest absolute Gasteiger partial charge is 0.326 e. The minimum atomic E-state index is -0.471. The van der Waals surface area contributed by atoms with Gasteiger partial charge in [-0.15, -0.1) is 0 Å². The molecule has 0 radical (unpaired) electrons. The van der Waals surface area contributed by atoms with Crippen LogP contribution in [-0.2, 0) is 9.59 Å². The van der Waals surface area contributed by atoms with E-state index in [9.17, 15) is 14.4 Å². The first-order valence-electron chi connectivity index (χ1n) is 7.82. The molecule has 0 aliphatic rings. The first-order chi connectivity index (χ1) is 12.0.